The third-order valence-electron chi connectivity index (χ3n) is 2.12. The Labute approximate surface area is 92.2 Å². The molecule has 0 bridgehead atoms. The molecule has 1 aliphatic carbocycles. The van der Waals surface area contributed by atoms with E-state index < -0.39 is 0 Å². The number of carbonyl (C=O) groups excluding carboxylic acids is 1. The van der Waals surface area contributed by atoms with Crippen molar-refractivity contribution in [1.29, 1.82) is 0 Å². The van der Waals surface area contributed by atoms with Gasteiger partial charge in [0.05, 0.1) is 5.02 Å². The van der Waals surface area contributed by atoms with E-state index in [0.717, 1.165) is 12.8 Å². The van der Waals surface area contributed by atoms with Crippen molar-refractivity contribution in [3.05, 3.63) is 23.2 Å². The molecule has 1 saturated carbocycles. The first-order valence-corrected chi connectivity index (χ1v) is 5.09. The molecule has 15 heavy (non-hydrogen) atoms. The highest BCUT2D eigenvalue weighted by molar-refractivity contribution is 6.32. The number of urea groups is 1. The van der Waals surface area contributed by atoms with Gasteiger partial charge >= 0.3 is 6.03 Å². The first-order chi connectivity index (χ1) is 7.15. The van der Waals surface area contributed by atoms with Crippen LogP contribution >= 0.6 is 11.6 Å². The Kier molecular flexibility index (Phi) is 2.68. The molecule has 0 spiro atoms. The van der Waals surface area contributed by atoms with E-state index in [4.69, 9.17) is 11.6 Å². The minimum Gasteiger partial charge on any atom is -0.506 e. The molecule has 4 nitrogen and oxygen atoms in total. The predicted octanol–water partition coefficient (Wildman–Crippen LogP) is 2.33. The average Bonchev–Trinajstić information content (AvgIpc) is 2.95. The largest absolute Gasteiger partial charge is 0.506 e. The van der Waals surface area contributed by atoms with Gasteiger partial charge in [-0.15, -0.1) is 0 Å². The maximum atomic E-state index is 11.3. The summed E-state index contributed by atoms with van der Waals surface area (Å²) < 4.78 is 0. The number of rotatable bonds is 2. The number of anilines is 1. The highest BCUT2D eigenvalue weighted by Gasteiger charge is 2.23. The number of hydrogen-bond donors (Lipinski definition) is 3. The number of aromatic hydroxyl groups is 1. The van der Waals surface area contributed by atoms with Gasteiger partial charge in [-0.1, -0.05) is 11.6 Å². The molecule has 1 aromatic rings. The van der Waals surface area contributed by atoms with Crippen molar-refractivity contribution < 1.29 is 9.90 Å². The molecule has 1 aliphatic rings. The predicted molar refractivity (Wildman–Crippen MR) is 58.3 cm³/mol. The van der Waals surface area contributed by atoms with Crippen molar-refractivity contribution in [3.63, 3.8) is 0 Å². The zero-order valence-electron chi connectivity index (χ0n) is 7.96. The second-order valence-electron chi connectivity index (χ2n) is 3.54. The number of benzene rings is 1. The van der Waals surface area contributed by atoms with Crippen LogP contribution in [0, 0.1) is 0 Å². The van der Waals surface area contributed by atoms with Gasteiger partial charge in [-0.3, -0.25) is 0 Å². The minimum atomic E-state index is -0.237. The molecule has 2 rings (SSSR count). The summed E-state index contributed by atoms with van der Waals surface area (Å²) in [5.41, 5.74) is 0.566. The van der Waals surface area contributed by atoms with Crippen LogP contribution in [-0.4, -0.2) is 17.2 Å². The van der Waals surface area contributed by atoms with Crippen LogP contribution in [-0.2, 0) is 0 Å². The SMILES string of the molecule is O=C(Nc1ccc(O)c(Cl)c1)NC1CC1. The number of hydrogen-bond acceptors (Lipinski definition) is 2. The van der Waals surface area contributed by atoms with Crippen molar-refractivity contribution in [2.75, 3.05) is 5.32 Å². The third kappa shape index (κ3) is 2.76. The fourth-order valence-electron chi connectivity index (χ4n) is 1.16. The summed E-state index contributed by atoms with van der Waals surface area (Å²) >= 11 is 5.69. The molecule has 5 heteroatoms. The fourth-order valence-corrected chi connectivity index (χ4v) is 1.35. The minimum absolute atomic E-state index is 0.00446. The second kappa shape index (κ2) is 3.98. The molecule has 0 unspecified atom stereocenters. The second-order valence-corrected chi connectivity index (χ2v) is 3.95. The topological polar surface area (TPSA) is 61.4 Å². The Bertz CT molecular complexity index is 391. The number of carbonyl (C=O) groups is 1. The number of nitrogens with one attached hydrogen (secondary N) is 2. The van der Waals surface area contributed by atoms with Crippen molar-refractivity contribution >= 4 is 23.3 Å². The van der Waals surface area contributed by atoms with Crippen LogP contribution in [0.3, 0.4) is 0 Å². The van der Waals surface area contributed by atoms with E-state index in [1.807, 2.05) is 0 Å². The molecule has 0 atom stereocenters. The lowest BCUT2D eigenvalue weighted by atomic mass is 10.3. The third-order valence-corrected chi connectivity index (χ3v) is 2.42. The molecule has 0 aromatic heterocycles. The summed E-state index contributed by atoms with van der Waals surface area (Å²) in [5, 5.41) is 14.8. The summed E-state index contributed by atoms with van der Waals surface area (Å²) in [6.07, 6.45) is 2.09. The van der Waals surface area contributed by atoms with Gasteiger partial charge in [0, 0.05) is 11.7 Å². The van der Waals surface area contributed by atoms with Gasteiger partial charge < -0.3 is 15.7 Å². The fraction of sp³-hybridized carbons (Fsp3) is 0.300. The number of halogens is 1. The molecule has 0 saturated heterocycles. The summed E-state index contributed by atoms with van der Waals surface area (Å²) in [5.74, 6) is 0.00446. The van der Waals surface area contributed by atoms with Crippen LogP contribution in [0.15, 0.2) is 18.2 Å². The van der Waals surface area contributed by atoms with Crippen LogP contribution < -0.4 is 10.6 Å². The highest BCUT2D eigenvalue weighted by Crippen LogP contribution is 2.26. The molecule has 80 valence electrons. The van der Waals surface area contributed by atoms with E-state index in [9.17, 15) is 9.90 Å². The molecule has 2 amide bonds. The van der Waals surface area contributed by atoms with Crippen LogP contribution in [0.2, 0.25) is 5.02 Å². The van der Waals surface area contributed by atoms with Crippen LogP contribution in [0.25, 0.3) is 0 Å². The smallest absolute Gasteiger partial charge is 0.319 e. The number of phenolic OH excluding ortho intramolecular Hbond substituents is 1. The van der Waals surface area contributed by atoms with E-state index in [-0.39, 0.29) is 16.8 Å². The molecule has 0 aliphatic heterocycles. The van der Waals surface area contributed by atoms with E-state index in [0.29, 0.717) is 11.7 Å². The molecular weight excluding hydrogens is 216 g/mol. The van der Waals surface area contributed by atoms with Crippen molar-refractivity contribution in [2.24, 2.45) is 0 Å². The Hall–Kier alpha value is -1.42. The Morgan fingerprint density at radius 3 is 2.80 bits per heavy atom. The maximum absolute atomic E-state index is 11.3. The van der Waals surface area contributed by atoms with Gasteiger partial charge in [0.2, 0.25) is 0 Å². The van der Waals surface area contributed by atoms with Crippen molar-refractivity contribution in [3.8, 4) is 5.75 Å². The van der Waals surface area contributed by atoms with Gasteiger partial charge in [0.15, 0.2) is 0 Å². The van der Waals surface area contributed by atoms with Gasteiger partial charge in [-0.05, 0) is 31.0 Å². The molecule has 1 aromatic carbocycles. The molecule has 1 fully saturated rings. The lowest BCUT2D eigenvalue weighted by Gasteiger charge is -2.07. The number of phenols is 1. The Morgan fingerprint density at radius 1 is 1.47 bits per heavy atom. The summed E-state index contributed by atoms with van der Waals surface area (Å²) in [4.78, 5) is 11.3. The first kappa shape index (κ1) is 10.1. The summed E-state index contributed by atoms with van der Waals surface area (Å²) in [7, 11) is 0. The van der Waals surface area contributed by atoms with Crippen LogP contribution in [0.4, 0.5) is 10.5 Å². The summed E-state index contributed by atoms with van der Waals surface area (Å²) in [6.45, 7) is 0. The molecular formula is C10H11ClN2O2. The van der Waals surface area contributed by atoms with Gasteiger partial charge in [0.25, 0.3) is 0 Å². The van der Waals surface area contributed by atoms with E-state index in [1.165, 1.54) is 12.1 Å². The Morgan fingerprint density at radius 2 is 2.20 bits per heavy atom. The monoisotopic (exact) mass is 226 g/mol. The van der Waals surface area contributed by atoms with Crippen molar-refractivity contribution in [1.82, 2.24) is 5.32 Å². The standard InChI is InChI=1S/C10H11ClN2O2/c11-8-5-7(3-4-9(8)14)13-10(15)12-6-1-2-6/h3-6,14H,1-2H2,(H2,12,13,15). The Balaban J connectivity index is 1.97. The lowest BCUT2D eigenvalue weighted by molar-refractivity contribution is 0.251. The van der Waals surface area contributed by atoms with Crippen LogP contribution in [0.1, 0.15) is 12.8 Å². The molecule has 3 N–H and O–H groups in total. The molecule has 0 radical (unpaired) electrons. The molecule has 0 heterocycles. The zero-order chi connectivity index (χ0) is 10.8. The van der Waals surface area contributed by atoms with E-state index in [2.05, 4.69) is 10.6 Å². The highest BCUT2D eigenvalue weighted by atomic mass is 35.5. The van der Waals surface area contributed by atoms with E-state index in [1.54, 1.807) is 6.07 Å². The normalized spacial score (nSPS) is 14.7. The van der Waals surface area contributed by atoms with Gasteiger partial charge in [-0.2, -0.15) is 0 Å². The zero-order valence-corrected chi connectivity index (χ0v) is 8.71. The van der Waals surface area contributed by atoms with Gasteiger partial charge in [0.1, 0.15) is 5.75 Å². The van der Waals surface area contributed by atoms with E-state index >= 15 is 0 Å². The first-order valence-electron chi connectivity index (χ1n) is 4.71. The maximum Gasteiger partial charge on any atom is 0.319 e. The van der Waals surface area contributed by atoms with Gasteiger partial charge in [-0.25, -0.2) is 4.79 Å². The van der Waals surface area contributed by atoms with Crippen LogP contribution in [0.5, 0.6) is 5.75 Å². The summed E-state index contributed by atoms with van der Waals surface area (Å²) in [6, 6.07) is 4.61. The average molecular weight is 227 g/mol. The van der Waals surface area contributed by atoms with Crippen molar-refractivity contribution in [2.45, 2.75) is 18.9 Å². The quantitative estimate of drug-likeness (QED) is 0.678. The number of amides is 2. The lowest BCUT2D eigenvalue weighted by Crippen LogP contribution is -2.30.